The van der Waals surface area contributed by atoms with Crippen LogP contribution in [0.25, 0.3) is 0 Å². The molecule has 0 aliphatic heterocycles. The molecule has 2 aromatic carbocycles. The first-order valence-electron chi connectivity index (χ1n) is 7.68. The maximum atomic E-state index is 5.39. The minimum Gasteiger partial charge on any atom is -0.497 e. The van der Waals surface area contributed by atoms with E-state index in [1.54, 1.807) is 7.11 Å². The zero-order valence-corrected chi connectivity index (χ0v) is 13.1. The number of methoxy groups -OCH3 is 1. The van der Waals surface area contributed by atoms with Crippen molar-refractivity contribution in [3.05, 3.63) is 58.7 Å². The van der Waals surface area contributed by atoms with Gasteiger partial charge in [0.25, 0.3) is 0 Å². The largest absolute Gasteiger partial charge is 0.497 e. The summed E-state index contributed by atoms with van der Waals surface area (Å²) in [5.41, 5.74) is 6.68. The van der Waals surface area contributed by atoms with E-state index in [1.165, 1.54) is 47.2 Å². The van der Waals surface area contributed by atoms with Gasteiger partial charge in [0, 0.05) is 5.69 Å². The third-order valence-corrected chi connectivity index (χ3v) is 4.39. The number of fused-ring (bicyclic) bond motifs is 1. The molecule has 1 N–H and O–H groups in total. The Morgan fingerprint density at radius 1 is 1.10 bits per heavy atom. The molecule has 2 aromatic rings. The van der Waals surface area contributed by atoms with Crippen molar-refractivity contribution in [3.63, 3.8) is 0 Å². The van der Waals surface area contributed by atoms with Gasteiger partial charge in [-0.1, -0.05) is 18.2 Å². The summed E-state index contributed by atoms with van der Waals surface area (Å²) < 4.78 is 5.39. The molecule has 1 aliphatic carbocycles. The van der Waals surface area contributed by atoms with Gasteiger partial charge in [-0.2, -0.15) is 0 Å². The maximum absolute atomic E-state index is 5.39. The average Bonchev–Trinajstić information content (AvgIpc) is 2.51. The molecule has 21 heavy (non-hydrogen) atoms. The second-order valence-electron chi connectivity index (χ2n) is 5.97. The monoisotopic (exact) mass is 281 g/mol. The lowest BCUT2D eigenvalue weighted by molar-refractivity contribution is 0.413. The van der Waals surface area contributed by atoms with E-state index in [4.69, 9.17) is 4.74 Å². The molecule has 1 aliphatic rings. The number of rotatable bonds is 3. The summed E-state index contributed by atoms with van der Waals surface area (Å²) in [4.78, 5) is 0. The predicted molar refractivity (Wildman–Crippen MR) is 88.2 cm³/mol. The number of aryl methyl sites for hydroxylation is 3. The van der Waals surface area contributed by atoms with Crippen LogP contribution >= 0.6 is 0 Å². The Balaban J connectivity index is 1.92. The van der Waals surface area contributed by atoms with Gasteiger partial charge in [-0.25, -0.2) is 0 Å². The molecule has 110 valence electrons. The Hall–Kier alpha value is -1.96. The van der Waals surface area contributed by atoms with Crippen LogP contribution in [0.1, 0.15) is 41.1 Å². The lowest BCUT2D eigenvalue weighted by Crippen LogP contribution is -2.18. The molecule has 2 nitrogen and oxygen atoms in total. The van der Waals surface area contributed by atoms with Crippen LogP contribution < -0.4 is 10.1 Å². The van der Waals surface area contributed by atoms with Crippen LogP contribution in [-0.2, 0) is 6.42 Å². The highest BCUT2D eigenvalue weighted by Gasteiger charge is 2.21. The molecular formula is C19H23NO. The van der Waals surface area contributed by atoms with Crippen molar-refractivity contribution < 1.29 is 4.74 Å². The highest BCUT2D eigenvalue weighted by atomic mass is 16.5. The topological polar surface area (TPSA) is 21.3 Å². The van der Waals surface area contributed by atoms with Crippen LogP contribution in [0.2, 0.25) is 0 Å². The van der Waals surface area contributed by atoms with E-state index >= 15 is 0 Å². The van der Waals surface area contributed by atoms with Crippen molar-refractivity contribution in [1.29, 1.82) is 0 Å². The fourth-order valence-electron chi connectivity index (χ4n) is 3.13. The van der Waals surface area contributed by atoms with Gasteiger partial charge < -0.3 is 10.1 Å². The maximum Gasteiger partial charge on any atom is 0.119 e. The fourth-order valence-corrected chi connectivity index (χ4v) is 3.13. The Labute approximate surface area is 127 Å². The van der Waals surface area contributed by atoms with Gasteiger partial charge in [-0.15, -0.1) is 0 Å². The second kappa shape index (κ2) is 5.80. The van der Waals surface area contributed by atoms with Crippen LogP contribution in [0.15, 0.2) is 36.4 Å². The minimum absolute atomic E-state index is 0.379. The van der Waals surface area contributed by atoms with Crippen LogP contribution in [-0.4, -0.2) is 7.11 Å². The number of ether oxygens (including phenoxy) is 1. The lowest BCUT2D eigenvalue weighted by atomic mass is 9.87. The summed E-state index contributed by atoms with van der Waals surface area (Å²) in [6.07, 6.45) is 3.58. The molecule has 2 heteroatoms. The van der Waals surface area contributed by atoms with Gasteiger partial charge in [0.2, 0.25) is 0 Å². The van der Waals surface area contributed by atoms with Gasteiger partial charge in [-0.05, 0) is 73.6 Å². The quantitative estimate of drug-likeness (QED) is 0.872. The van der Waals surface area contributed by atoms with Crippen molar-refractivity contribution in [1.82, 2.24) is 0 Å². The van der Waals surface area contributed by atoms with E-state index in [0.717, 1.165) is 5.75 Å². The first-order chi connectivity index (χ1) is 10.2. The fraction of sp³-hybridized carbons (Fsp3) is 0.368. The summed E-state index contributed by atoms with van der Waals surface area (Å²) in [6.45, 7) is 4.31. The summed E-state index contributed by atoms with van der Waals surface area (Å²) in [5, 5.41) is 3.74. The van der Waals surface area contributed by atoms with Gasteiger partial charge >= 0.3 is 0 Å². The Bertz CT molecular complexity index is 648. The molecule has 0 fully saturated rings. The highest BCUT2D eigenvalue weighted by Crippen LogP contribution is 2.35. The van der Waals surface area contributed by atoms with Gasteiger partial charge in [0.15, 0.2) is 0 Å². The summed E-state index contributed by atoms with van der Waals surface area (Å²) in [5.74, 6) is 0.948. The van der Waals surface area contributed by atoms with Crippen LogP contribution in [0.3, 0.4) is 0 Å². The van der Waals surface area contributed by atoms with E-state index in [0.29, 0.717) is 6.04 Å². The Morgan fingerprint density at radius 3 is 2.76 bits per heavy atom. The molecule has 0 spiro atoms. The molecule has 0 saturated carbocycles. The van der Waals surface area contributed by atoms with E-state index in [9.17, 15) is 0 Å². The number of hydrogen-bond donors (Lipinski definition) is 1. The van der Waals surface area contributed by atoms with E-state index in [-0.39, 0.29) is 0 Å². The van der Waals surface area contributed by atoms with Crippen molar-refractivity contribution in [3.8, 4) is 5.75 Å². The summed E-state index contributed by atoms with van der Waals surface area (Å²) >= 11 is 0. The second-order valence-corrected chi connectivity index (χ2v) is 5.97. The predicted octanol–water partition coefficient (Wildman–Crippen LogP) is 4.80. The summed E-state index contributed by atoms with van der Waals surface area (Å²) in [6, 6.07) is 13.4. The lowest BCUT2D eigenvalue weighted by Gasteiger charge is -2.28. The van der Waals surface area contributed by atoms with Crippen molar-refractivity contribution >= 4 is 5.69 Å². The van der Waals surface area contributed by atoms with Crippen molar-refractivity contribution in [2.24, 2.45) is 0 Å². The number of benzene rings is 2. The molecule has 0 bridgehead atoms. The SMILES string of the molecule is COc1ccc2c(c1)C(Nc1cc(C)ccc1C)CCC2. The number of hydrogen-bond acceptors (Lipinski definition) is 2. The third-order valence-electron chi connectivity index (χ3n) is 4.39. The molecule has 1 unspecified atom stereocenters. The van der Waals surface area contributed by atoms with Gasteiger partial charge in [0.1, 0.15) is 5.75 Å². The molecular weight excluding hydrogens is 258 g/mol. The van der Waals surface area contributed by atoms with Gasteiger partial charge in [-0.3, -0.25) is 0 Å². The smallest absolute Gasteiger partial charge is 0.119 e. The van der Waals surface area contributed by atoms with Crippen molar-refractivity contribution in [2.75, 3.05) is 12.4 Å². The van der Waals surface area contributed by atoms with Crippen molar-refractivity contribution in [2.45, 2.75) is 39.2 Å². The third kappa shape index (κ3) is 2.90. The summed E-state index contributed by atoms with van der Waals surface area (Å²) in [7, 11) is 1.73. The van der Waals surface area contributed by atoms with Crippen LogP contribution in [0.4, 0.5) is 5.69 Å². The molecule has 0 aromatic heterocycles. The Morgan fingerprint density at radius 2 is 1.95 bits per heavy atom. The zero-order valence-electron chi connectivity index (χ0n) is 13.1. The first kappa shape index (κ1) is 14.0. The van der Waals surface area contributed by atoms with Gasteiger partial charge in [0.05, 0.1) is 13.2 Å². The highest BCUT2D eigenvalue weighted by molar-refractivity contribution is 5.55. The van der Waals surface area contributed by atoms with E-state index < -0.39 is 0 Å². The first-order valence-corrected chi connectivity index (χ1v) is 7.68. The molecule has 3 rings (SSSR count). The van der Waals surface area contributed by atoms with Crippen LogP contribution in [0, 0.1) is 13.8 Å². The normalized spacial score (nSPS) is 17.2. The molecule has 1 atom stereocenters. The number of nitrogens with one attached hydrogen (secondary N) is 1. The average molecular weight is 281 g/mol. The van der Waals surface area contributed by atoms with E-state index in [1.807, 2.05) is 0 Å². The molecule has 0 amide bonds. The minimum atomic E-state index is 0.379. The van der Waals surface area contributed by atoms with Crippen LogP contribution in [0.5, 0.6) is 5.75 Å². The Kier molecular flexibility index (Phi) is 3.87. The molecule has 0 saturated heterocycles. The molecule has 0 heterocycles. The molecule has 0 radical (unpaired) electrons. The standard InChI is InChI=1S/C19H23NO/c1-13-7-8-14(2)19(11-13)20-18-6-4-5-15-9-10-16(21-3)12-17(15)18/h7-12,18,20H,4-6H2,1-3H3. The van der Waals surface area contributed by atoms with E-state index in [2.05, 4.69) is 55.6 Å². The zero-order chi connectivity index (χ0) is 14.8. The number of anilines is 1.